The molecule has 0 aliphatic rings. The zero-order valence-corrected chi connectivity index (χ0v) is 12.6. The number of rotatable bonds is 4. The van der Waals surface area contributed by atoms with Crippen LogP contribution in [0.1, 0.15) is 22.8 Å². The van der Waals surface area contributed by atoms with Gasteiger partial charge in [-0.25, -0.2) is 4.39 Å². The summed E-state index contributed by atoms with van der Waals surface area (Å²) in [4.78, 5) is 12.2. The lowest BCUT2D eigenvalue weighted by atomic mass is 10.1. The predicted octanol–water partition coefficient (Wildman–Crippen LogP) is 4.47. The van der Waals surface area contributed by atoms with Crippen molar-refractivity contribution in [3.8, 4) is 0 Å². The molecule has 21 heavy (non-hydrogen) atoms. The van der Waals surface area contributed by atoms with E-state index in [0.29, 0.717) is 11.3 Å². The number of carbonyl (C=O) groups is 1. The molecule has 0 saturated heterocycles. The lowest BCUT2D eigenvalue weighted by Gasteiger charge is -2.10. The van der Waals surface area contributed by atoms with Gasteiger partial charge in [-0.1, -0.05) is 11.6 Å². The maximum atomic E-state index is 13.2. The van der Waals surface area contributed by atoms with Crippen LogP contribution in [0.15, 0.2) is 36.4 Å². The van der Waals surface area contributed by atoms with Crippen molar-refractivity contribution in [3.63, 3.8) is 0 Å². The number of halogens is 2. The van der Waals surface area contributed by atoms with Crippen LogP contribution in [0, 0.1) is 12.7 Å². The van der Waals surface area contributed by atoms with Gasteiger partial charge in [0.25, 0.3) is 5.91 Å². The predicted molar refractivity (Wildman–Crippen MR) is 84.7 cm³/mol. The molecule has 5 heteroatoms. The molecule has 1 amide bonds. The second kappa shape index (κ2) is 6.59. The van der Waals surface area contributed by atoms with E-state index in [1.54, 1.807) is 12.1 Å². The fourth-order valence-corrected chi connectivity index (χ4v) is 2.24. The largest absolute Gasteiger partial charge is 0.385 e. The van der Waals surface area contributed by atoms with Gasteiger partial charge in [0.2, 0.25) is 0 Å². The van der Waals surface area contributed by atoms with Crippen molar-refractivity contribution in [2.45, 2.75) is 13.8 Å². The molecule has 0 unspecified atom stereocenters. The van der Waals surface area contributed by atoms with Gasteiger partial charge in [0.15, 0.2) is 0 Å². The Morgan fingerprint density at radius 2 is 2.00 bits per heavy atom. The first-order valence-corrected chi connectivity index (χ1v) is 6.99. The van der Waals surface area contributed by atoms with Crippen molar-refractivity contribution in [1.82, 2.24) is 0 Å². The number of anilines is 2. The van der Waals surface area contributed by atoms with Crippen LogP contribution < -0.4 is 10.6 Å². The SMILES string of the molecule is CCNc1ccc(C(=O)Nc2cc(F)cc(Cl)c2)cc1C. The van der Waals surface area contributed by atoms with Crippen molar-refractivity contribution in [1.29, 1.82) is 0 Å². The third-order valence-corrected chi connectivity index (χ3v) is 3.19. The Morgan fingerprint density at radius 1 is 1.24 bits per heavy atom. The summed E-state index contributed by atoms with van der Waals surface area (Å²) in [5.74, 6) is -0.792. The Morgan fingerprint density at radius 3 is 2.62 bits per heavy atom. The van der Waals surface area contributed by atoms with Crippen LogP contribution in [0.5, 0.6) is 0 Å². The highest BCUT2D eigenvalue weighted by atomic mass is 35.5. The number of amides is 1. The lowest BCUT2D eigenvalue weighted by Crippen LogP contribution is -2.12. The molecule has 0 radical (unpaired) electrons. The van der Waals surface area contributed by atoms with Crippen molar-refractivity contribution in [3.05, 3.63) is 58.4 Å². The summed E-state index contributed by atoms with van der Waals surface area (Å²) in [6.07, 6.45) is 0. The van der Waals surface area contributed by atoms with E-state index in [1.165, 1.54) is 18.2 Å². The molecule has 0 saturated carbocycles. The molecule has 110 valence electrons. The highest BCUT2D eigenvalue weighted by Crippen LogP contribution is 2.20. The Kier molecular flexibility index (Phi) is 4.81. The molecular formula is C16H16ClFN2O. The van der Waals surface area contributed by atoms with Crippen LogP contribution in [0.2, 0.25) is 5.02 Å². The lowest BCUT2D eigenvalue weighted by molar-refractivity contribution is 0.102. The van der Waals surface area contributed by atoms with E-state index >= 15 is 0 Å². The minimum atomic E-state index is -0.489. The Bertz CT molecular complexity index is 653. The monoisotopic (exact) mass is 306 g/mol. The van der Waals surface area contributed by atoms with Gasteiger partial charge in [-0.2, -0.15) is 0 Å². The van der Waals surface area contributed by atoms with Gasteiger partial charge in [-0.05, 0) is 55.8 Å². The average molecular weight is 307 g/mol. The zero-order chi connectivity index (χ0) is 15.4. The van der Waals surface area contributed by atoms with Crippen molar-refractivity contribution >= 4 is 28.9 Å². The van der Waals surface area contributed by atoms with Gasteiger partial charge in [-0.15, -0.1) is 0 Å². The molecule has 2 rings (SSSR count). The minimum absolute atomic E-state index is 0.240. The fourth-order valence-electron chi connectivity index (χ4n) is 2.02. The van der Waals surface area contributed by atoms with Crippen molar-refractivity contribution < 1.29 is 9.18 Å². The van der Waals surface area contributed by atoms with Gasteiger partial charge in [0, 0.05) is 28.5 Å². The number of hydrogen-bond donors (Lipinski definition) is 2. The molecule has 0 aromatic heterocycles. The van der Waals surface area contributed by atoms with Crippen LogP contribution in [0.4, 0.5) is 15.8 Å². The van der Waals surface area contributed by atoms with E-state index in [0.717, 1.165) is 17.8 Å². The van der Waals surface area contributed by atoms with Gasteiger partial charge in [-0.3, -0.25) is 4.79 Å². The van der Waals surface area contributed by atoms with Crippen LogP contribution in [-0.4, -0.2) is 12.5 Å². The summed E-state index contributed by atoms with van der Waals surface area (Å²) in [6, 6.07) is 9.28. The molecule has 2 aromatic rings. The van der Waals surface area contributed by atoms with E-state index in [1.807, 2.05) is 19.9 Å². The smallest absolute Gasteiger partial charge is 0.255 e. The highest BCUT2D eigenvalue weighted by molar-refractivity contribution is 6.31. The van der Waals surface area contributed by atoms with Gasteiger partial charge < -0.3 is 10.6 Å². The van der Waals surface area contributed by atoms with Crippen molar-refractivity contribution in [2.24, 2.45) is 0 Å². The van der Waals surface area contributed by atoms with Crippen LogP contribution in [-0.2, 0) is 0 Å². The number of carbonyl (C=O) groups excluding carboxylic acids is 1. The van der Waals surface area contributed by atoms with Gasteiger partial charge in [0.05, 0.1) is 0 Å². The highest BCUT2D eigenvalue weighted by Gasteiger charge is 2.09. The molecule has 0 atom stereocenters. The average Bonchev–Trinajstić information content (AvgIpc) is 2.40. The maximum absolute atomic E-state index is 13.2. The van der Waals surface area contributed by atoms with E-state index < -0.39 is 5.82 Å². The number of benzene rings is 2. The molecule has 0 heterocycles. The van der Waals surface area contributed by atoms with E-state index in [9.17, 15) is 9.18 Å². The first-order valence-electron chi connectivity index (χ1n) is 6.61. The quantitative estimate of drug-likeness (QED) is 0.875. The topological polar surface area (TPSA) is 41.1 Å². The molecule has 0 bridgehead atoms. The van der Waals surface area contributed by atoms with Crippen LogP contribution in [0.3, 0.4) is 0 Å². The molecule has 0 aliphatic heterocycles. The van der Waals surface area contributed by atoms with Crippen LogP contribution in [0.25, 0.3) is 0 Å². The van der Waals surface area contributed by atoms with E-state index in [-0.39, 0.29) is 10.9 Å². The van der Waals surface area contributed by atoms with E-state index in [2.05, 4.69) is 10.6 Å². The van der Waals surface area contributed by atoms with Gasteiger partial charge >= 0.3 is 0 Å². The minimum Gasteiger partial charge on any atom is -0.385 e. The molecule has 0 fully saturated rings. The summed E-state index contributed by atoms with van der Waals surface area (Å²) in [5.41, 5.74) is 2.80. The third kappa shape index (κ3) is 3.95. The molecular weight excluding hydrogens is 291 g/mol. The number of hydrogen-bond acceptors (Lipinski definition) is 2. The maximum Gasteiger partial charge on any atom is 0.255 e. The van der Waals surface area contributed by atoms with E-state index in [4.69, 9.17) is 11.6 Å². The second-order valence-corrected chi connectivity index (χ2v) is 5.11. The Hall–Kier alpha value is -2.07. The normalized spacial score (nSPS) is 10.3. The van der Waals surface area contributed by atoms with Crippen molar-refractivity contribution in [2.75, 3.05) is 17.2 Å². The Balaban J connectivity index is 2.18. The standard InChI is InChI=1S/C16H16ClFN2O/c1-3-19-15-5-4-11(6-10(15)2)16(21)20-14-8-12(17)7-13(18)9-14/h4-9,19H,3H2,1-2H3,(H,20,21). The summed E-state index contributed by atoms with van der Waals surface area (Å²) < 4.78 is 13.2. The number of nitrogens with one attached hydrogen (secondary N) is 2. The second-order valence-electron chi connectivity index (χ2n) is 4.67. The third-order valence-electron chi connectivity index (χ3n) is 2.98. The summed E-state index contributed by atoms with van der Waals surface area (Å²) in [7, 11) is 0. The Labute approximate surface area is 128 Å². The molecule has 2 N–H and O–H groups in total. The molecule has 2 aromatic carbocycles. The molecule has 3 nitrogen and oxygen atoms in total. The summed E-state index contributed by atoms with van der Waals surface area (Å²) in [5, 5.41) is 6.08. The molecule has 0 aliphatic carbocycles. The first-order chi connectivity index (χ1) is 9.99. The first kappa shape index (κ1) is 15.3. The fraction of sp³-hybridized carbons (Fsp3) is 0.188. The summed E-state index contributed by atoms with van der Waals surface area (Å²) >= 11 is 5.76. The summed E-state index contributed by atoms with van der Waals surface area (Å²) in [6.45, 7) is 4.75. The van der Waals surface area contributed by atoms with Crippen LogP contribution >= 0.6 is 11.6 Å². The number of aryl methyl sites for hydroxylation is 1. The molecule has 0 spiro atoms. The van der Waals surface area contributed by atoms with Gasteiger partial charge in [0.1, 0.15) is 5.82 Å². The zero-order valence-electron chi connectivity index (χ0n) is 11.8.